The van der Waals surface area contributed by atoms with Crippen molar-refractivity contribution in [3.05, 3.63) is 29.6 Å². The number of carbonyl (C=O) groups is 2. The maximum atomic E-state index is 12.7. The van der Waals surface area contributed by atoms with Crippen molar-refractivity contribution in [2.75, 3.05) is 0 Å². The number of amides is 1. The first kappa shape index (κ1) is 18.4. The van der Waals surface area contributed by atoms with Crippen LogP contribution in [0, 0.1) is 5.41 Å². The summed E-state index contributed by atoms with van der Waals surface area (Å²) in [6.07, 6.45) is 4.77. The van der Waals surface area contributed by atoms with Crippen molar-refractivity contribution in [2.45, 2.75) is 65.5 Å². The Labute approximate surface area is 153 Å². The lowest BCUT2D eigenvalue weighted by atomic mass is 9.85. The first-order valence-corrected chi connectivity index (χ1v) is 9.34. The van der Waals surface area contributed by atoms with Crippen molar-refractivity contribution in [1.29, 1.82) is 0 Å². The predicted octanol–water partition coefficient (Wildman–Crippen LogP) is 3.90. The highest BCUT2D eigenvalue weighted by Gasteiger charge is 2.29. The van der Waals surface area contributed by atoms with Crippen molar-refractivity contribution in [3.63, 3.8) is 0 Å². The van der Waals surface area contributed by atoms with Gasteiger partial charge in [0.25, 0.3) is 0 Å². The van der Waals surface area contributed by atoms with Crippen LogP contribution in [0.3, 0.4) is 0 Å². The SMILES string of the molecule is C[C@H]1NC(=O)C(C)(C)CCCCCCn2c(C(=O)O)cc3ccc1nc32. The van der Waals surface area contributed by atoms with E-state index in [1.807, 2.05) is 32.9 Å². The smallest absolute Gasteiger partial charge is 0.352 e. The number of fused-ring (bicyclic) bond motifs is 1. The third-order valence-electron chi connectivity index (χ3n) is 5.32. The number of aromatic carboxylic acids is 1. The molecule has 0 aliphatic carbocycles. The molecule has 0 fully saturated rings. The van der Waals surface area contributed by atoms with Crippen LogP contribution in [0.25, 0.3) is 11.0 Å². The van der Waals surface area contributed by atoms with E-state index < -0.39 is 11.4 Å². The van der Waals surface area contributed by atoms with Gasteiger partial charge in [-0.15, -0.1) is 0 Å². The molecule has 0 saturated carbocycles. The molecule has 140 valence electrons. The molecule has 0 unspecified atom stereocenters. The van der Waals surface area contributed by atoms with Crippen molar-refractivity contribution < 1.29 is 14.7 Å². The van der Waals surface area contributed by atoms with Gasteiger partial charge >= 0.3 is 5.97 Å². The molecular formula is C20H27N3O3. The highest BCUT2D eigenvalue weighted by atomic mass is 16.4. The fourth-order valence-corrected chi connectivity index (χ4v) is 3.56. The number of nitrogens with one attached hydrogen (secondary N) is 1. The minimum absolute atomic E-state index is 0.0329. The summed E-state index contributed by atoms with van der Waals surface area (Å²) in [7, 11) is 0. The van der Waals surface area contributed by atoms with Crippen LogP contribution < -0.4 is 5.32 Å². The average molecular weight is 357 g/mol. The van der Waals surface area contributed by atoms with Crippen molar-refractivity contribution in [1.82, 2.24) is 14.9 Å². The lowest BCUT2D eigenvalue weighted by molar-refractivity contribution is -0.130. The normalized spacial score (nSPS) is 21.3. The van der Waals surface area contributed by atoms with Crippen LogP contribution in [0.4, 0.5) is 0 Å². The van der Waals surface area contributed by atoms with Gasteiger partial charge in [-0.3, -0.25) is 4.79 Å². The van der Waals surface area contributed by atoms with E-state index in [0.29, 0.717) is 12.2 Å². The zero-order valence-corrected chi connectivity index (χ0v) is 15.7. The minimum Gasteiger partial charge on any atom is -0.477 e. The van der Waals surface area contributed by atoms with E-state index in [1.54, 1.807) is 10.6 Å². The van der Waals surface area contributed by atoms with Gasteiger partial charge in [-0.1, -0.05) is 33.1 Å². The summed E-state index contributed by atoms with van der Waals surface area (Å²) < 4.78 is 1.80. The Kier molecular flexibility index (Phi) is 5.03. The molecule has 0 radical (unpaired) electrons. The highest BCUT2D eigenvalue weighted by Crippen LogP contribution is 2.27. The molecule has 0 aromatic carbocycles. The average Bonchev–Trinajstić information content (AvgIpc) is 2.95. The van der Waals surface area contributed by atoms with Gasteiger partial charge in [0.05, 0.1) is 11.7 Å². The Morgan fingerprint density at radius 1 is 1.27 bits per heavy atom. The molecule has 3 rings (SSSR count). The van der Waals surface area contributed by atoms with E-state index in [0.717, 1.165) is 43.2 Å². The largest absolute Gasteiger partial charge is 0.477 e. The van der Waals surface area contributed by atoms with Crippen molar-refractivity contribution >= 4 is 22.9 Å². The van der Waals surface area contributed by atoms with E-state index in [4.69, 9.17) is 4.98 Å². The lowest BCUT2D eigenvalue weighted by Gasteiger charge is -2.26. The monoisotopic (exact) mass is 357 g/mol. The molecular weight excluding hydrogens is 330 g/mol. The van der Waals surface area contributed by atoms with Crippen LogP contribution in [-0.2, 0) is 11.3 Å². The molecule has 0 spiro atoms. The fraction of sp³-hybridized carbons (Fsp3) is 0.550. The van der Waals surface area contributed by atoms with Gasteiger partial charge in [-0.2, -0.15) is 0 Å². The minimum atomic E-state index is -0.936. The van der Waals surface area contributed by atoms with Crippen LogP contribution in [0.2, 0.25) is 0 Å². The summed E-state index contributed by atoms with van der Waals surface area (Å²) in [5.74, 6) is -0.903. The number of hydrogen-bond donors (Lipinski definition) is 2. The van der Waals surface area contributed by atoms with Crippen molar-refractivity contribution in [2.24, 2.45) is 5.41 Å². The topological polar surface area (TPSA) is 84.2 Å². The summed E-state index contributed by atoms with van der Waals surface area (Å²) in [5.41, 5.74) is 1.29. The number of nitrogens with zero attached hydrogens (tertiary/aromatic N) is 2. The Morgan fingerprint density at radius 2 is 2.00 bits per heavy atom. The number of carboxylic acid groups (broad SMARTS) is 1. The standard InChI is InChI=1S/C20H27N3O3/c1-13-15-9-8-14-12-16(18(24)25)23(17(14)22-15)11-7-5-4-6-10-20(2,3)19(26)21-13/h8-9,12-13H,4-7,10-11H2,1-3H3,(H,21,26)(H,24,25)/t13-/m1/s1. The summed E-state index contributed by atoms with van der Waals surface area (Å²) in [4.78, 5) is 29.0. The van der Waals surface area contributed by atoms with E-state index in [1.165, 1.54) is 0 Å². The van der Waals surface area contributed by atoms with E-state index in [-0.39, 0.29) is 17.6 Å². The molecule has 1 amide bonds. The number of aryl methyl sites for hydroxylation is 1. The molecule has 1 aliphatic rings. The van der Waals surface area contributed by atoms with Crippen LogP contribution in [0.15, 0.2) is 18.2 Å². The molecule has 2 aromatic rings. The van der Waals surface area contributed by atoms with Gasteiger partial charge in [-0.05, 0) is 38.0 Å². The Bertz CT molecular complexity index is 838. The molecule has 6 nitrogen and oxygen atoms in total. The first-order chi connectivity index (χ1) is 12.3. The molecule has 3 heterocycles. The van der Waals surface area contributed by atoms with Gasteiger partial charge in [0.15, 0.2) is 0 Å². The predicted molar refractivity (Wildman–Crippen MR) is 100 cm³/mol. The van der Waals surface area contributed by atoms with Gasteiger partial charge in [-0.25, -0.2) is 9.78 Å². The Morgan fingerprint density at radius 3 is 2.73 bits per heavy atom. The van der Waals surface area contributed by atoms with E-state index >= 15 is 0 Å². The van der Waals surface area contributed by atoms with Crippen LogP contribution >= 0.6 is 0 Å². The van der Waals surface area contributed by atoms with Gasteiger partial charge < -0.3 is 15.0 Å². The number of pyridine rings is 1. The Hall–Kier alpha value is -2.37. The maximum absolute atomic E-state index is 12.7. The quantitative estimate of drug-likeness (QED) is 0.810. The van der Waals surface area contributed by atoms with Gasteiger partial charge in [0.2, 0.25) is 5.91 Å². The summed E-state index contributed by atoms with van der Waals surface area (Å²) >= 11 is 0. The van der Waals surface area contributed by atoms with Crippen LogP contribution in [-0.4, -0.2) is 26.5 Å². The van der Waals surface area contributed by atoms with Gasteiger partial charge in [0.1, 0.15) is 11.3 Å². The molecule has 2 aromatic heterocycles. The van der Waals surface area contributed by atoms with E-state index in [9.17, 15) is 14.7 Å². The van der Waals surface area contributed by atoms with E-state index in [2.05, 4.69) is 5.32 Å². The molecule has 1 aliphatic heterocycles. The number of hydrogen-bond acceptors (Lipinski definition) is 3. The second-order valence-electron chi connectivity index (χ2n) is 7.88. The molecule has 6 heteroatoms. The molecule has 26 heavy (non-hydrogen) atoms. The first-order valence-electron chi connectivity index (χ1n) is 9.34. The number of carboxylic acids is 1. The van der Waals surface area contributed by atoms with Crippen LogP contribution in [0.1, 0.15) is 75.1 Å². The third kappa shape index (κ3) is 3.59. The fourth-order valence-electron chi connectivity index (χ4n) is 3.56. The molecule has 2 N–H and O–H groups in total. The van der Waals surface area contributed by atoms with Crippen molar-refractivity contribution in [3.8, 4) is 0 Å². The number of rotatable bonds is 1. The lowest BCUT2D eigenvalue weighted by Crippen LogP contribution is -2.38. The molecule has 2 bridgehead atoms. The second-order valence-corrected chi connectivity index (χ2v) is 7.88. The van der Waals surface area contributed by atoms with Crippen LogP contribution in [0.5, 0.6) is 0 Å². The second kappa shape index (κ2) is 7.09. The highest BCUT2D eigenvalue weighted by molar-refractivity contribution is 5.93. The van der Waals surface area contributed by atoms with Gasteiger partial charge in [0, 0.05) is 17.3 Å². The summed E-state index contributed by atoms with van der Waals surface area (Å²) in [5, 5.41) is 13.4. The number of carbonyl (C=O) groups excluding carboxylic acids is 1. The zero-order valence-electron chi connectivity index (χ0n) is 15.7. The number of aromatic nitrogens is 2. The summed E-state index contributed by atoms with van der Waals surface area (Å²) in [6.45, 7) is 6.54. The molecule has 1 atom stereocenters. The molecule has 0 saturated heterocycles. The third-order valence-corrected chi connectivity index (χ3v) is 5.32. The zero-order chi connectivity index (χ0) is 18.9. The maximum Gasteiger partial charge on any atom is 0.352 e. The summed E-state index contributed by atoms with van der Waals surface area (Å²) in [6, 6.07) is 5.20. The Balaban J connectivity index is 2.04.